The van der Waals surface area contributed by atoms with Gasteiger partial charge in [-0.05, 0) is 55.3 Å². The average Bonchev–Trinajstić information content (AvgIpc) is 2.13. The van der Waals surface area contributed by atoms with Crippen LogP contribution in [0.15, 0.2) is 0 Å². The van der Waals surface area contributed by atoms with Crippen LogP contribution in [0.25, 0.3) is 0 Å². The van der Waals surface area contributed by atoms with Crippen molar-refractivity contribution in [1.82, 2.24) is 0 Å². The molecule has 0 aromatic rings. The van der Waals surface area contributed by atoms with Gasteiger partial charge in [-0.15, -0.1) is 0 Å². The lowest BCUT2D eigenvalue weighted by atomic mass is 9.48. The highest BCUT2D eigenvalue weighted by Gasteiger charge is 2.53. The lowest BCUT2D eigenvalue weighted by Crippen LogP contribution is -2.58. The molecule has 0 aliphatic heterocycles. The minimum Gasteiger partial charge on any atom is -0.327 e. The molecule has 4 aliphatic rings. The van der Waals surface area contributed by atoms with E-state index < -0.39 is 0 Å². The molecular weight excluding hydrogens is 182 g/mol. The van der Waals surface area contributed by atoms with Crippen LogP contribution in [0.3, 0.4) is 0 Å². The summed E-state index contributed by atoms with van der Waals surface area (Å²) in [5.74, 6) is 2.99. The molecule has 0 radical (unpaired) electrons. The molecule has 4 rings (SSSR count). The average molecular weight is 209 g/mol. The van der Waals surface area contributed by atoms with E-state index in [0.29, 0.717) is 11.5 Å². The molecule has 0 heterocycles. The van der Waals surface area contributed by atoms with E-state index in [1.807, 2.05) is 0 Å². The van der Waals surface area contributed by atoms with E-state index in [-0.39, 0.29) is 0 Å². The Hall–Kier alpha value is -0.0400. The summed E-state index contributed by atoms with van der Waals surface area (Å²) in [5, 5.41) is 0. The van der Waals surface area contributed by atoms with Crippen molar-refractivity contribution in [2.75, 3.05) is 0 Å². The highest BCUT2D eigenvalue weighted by molar-refractivity contribution is 5.06. The molecular formula is C14H27N. The van der Waals surface area contributed by atoms with Crippen molar-refractivity contribution in [1.29, 1.82) is 0 Å². The van der Waals surface area contributed by atoms with E-state index in [4.69, 9.17) is 5.73 Å². The van der Waals surface area contributed by atoms with Crippen molar-refractivity contribution in [3.63, 3.8) is 0 Å². The Morgan fingerprint density at radius 2 is 1.53 bits per heavy atom. The van der Waals surface area contributed by atoms with Gasteiger partial charge in [-0.25, -0.2) is 0 Å². The van der Waals surface area contributed by atoms with E-state index in [1.54, 1.807) is 0 Å². The Balaban J connectivity index is 0.000000258. The van der Waals surface area contributed by atoms with Gasteiger partial charge < -0.3 is 5.73 Å². The molecule has 0 aromatic carbocycles. The van der Waals surface area contributed by atoms with Crippen LogP contribution < -0.4 is 5.73 Å². The third-order valence-corrected chi connectivity index (χ3v) is 4.76. The fourth-order valence-corrected chi connectivity index (χ4v) is 4.49. The molecule has 3 atom stereocenters. The lowest BCUT2D eigenvalue weighted by molar-refractivity contribution is -0.0607. The van der Waals surface area contributed by atoms with Gasteiger partial charge in [0, 0.05) is 6.04 Å². The Morgan fingerprint density at radius 3 is 1.93 bits per heavy atom. The third-order valence-electron chi connectivity index (χ3n) is 4.76. The van der Waals surface area contributed by atoms with Crippen molar-refractivity contribution < 1.29 is 0 Å². The molecule has 0 spiro atoms. The highest BCUT2D eigenvalue weighted by Crippen LogP contribution is 2.58. The van der Waals surface area contributed by atoms with E-state index in [1.165, 1.54) is 38.5 Å². The van der Waals surface area contributed by atoms with Crippen molar-refractivity contribution in [3.05, 3.63) is 0 Å². The van der Waals surface area contributed by atoms with Gasteiger partial charge >= 0.3 is 0 Å². The van der Waals surface area contributed by atoms with Crippen LogP contribution in [0, 0.1) is 23.2 Å². The highest BCUT2D eigenvalue weighted by atomic mass is 14.8. The summed E-state index contributed by atoms with van der Waals surface area (Å²) in [6.07, 6.45) is 8.54. The third kappa shape index (κ3) is 1.95. The van der Waals surface area contributed by atoms with Crippen molar-refractivity contribution in [2.24, 2.45) is 28.9 Å². The monoisotopic (exact) mass is 209 g/mol. The molecule has 1 nitrogen and oxygen atoms in total. The van der Waals surface area contributed by atoms with E-state index in [9.17, 15) is 0 Å². The van der Waals surface area contributed by atoms with E-state index in [0.717, 1.165) is 17.8 Å². The van der Waals surface area contributed by atoms with Crippen LogP contribution >= 0.6 is 0 Å². The second kappa shape index (κ2) is 4.08. The van der Waals surface area contributed by atoms with Crippen LogP contribution in [-0.2, 0) is 0 Å². The smallest absolute Gasteiger partial charge is 0.0122 e. The van der Waals surface area contributed by atoms with E-state index >= 15 is 0 Å². The quantitative estimate of drug-likeness (QED) is 0.648. The molecule has 4 aliphatic carbocycles. The first-order valence-electron chi connectivity index (χ1n) is 6.84. The standard InChI is InChI=1S/C11H19N.C3H8/c1-11-5-7-2-8(6-11)4-9(3-7)10(11)12;1-3-2/h7-10H,2-6,12H2,1H3;3H2,1-2H3. The summed E-state index contributed by atoms with van der Waals surface area (Å²) in [7, 11) is 0. The van der Waals surface area contributed by atoms with Gasteiger partial charge in [0.2, 0.25) is 0 Å². The van der Waals surface area contributed by atoms with Crippen LogP contribution in [-0.4, -0.2) is 6.04 Å². The number of nitrogens with two attached hydrogens (primary N) is 1. The summed E-state index contributed by atoms with van der Waals surface area (Å²) >= 11 is 0. The van der Waals surface area contributed by atoms with Gasteiger partial charge in [0.15, 0.2) is 0 Å². The Morgan fingerprint density at radius 1 is 1.07 bits per heavy atom. The zero-order chi connectivity index (χ0) is 11.1. The maximum absolute atomic E-state index is 6.30. The topological polar surface area (TPSA) is 26.0 Å². The first kappa shape index (κ1) is 11.4. The zero-order valence-corrected chi connectivity index (χ0v) is 10.6. The summed E-state index contributed by atoms with van der Waals surface area (Å²) in [6, 6.07) is 0.533. The molecule has 0 saturated heterocycles. The molecule has 3 unspecified atom stereocenters. The van der Waals surface area contributed by atoms with Crippen LogP contribution in [0.2, 0.25) is 0 Å². The van der Waals surface area contributed by atoms with Gasteiger partial charge in [0.25, 0.3) is 0 Å². The molecule has 0 amide bonds. The molecule has 4 saturated carbocycles. The van der Waals surface area contributed by atoms with Crippen LogP contribution in [0.5, 0.6) is 0 Å². The largest absolute Gasteiger partial charge is 0.327 e. The van der Waals surface area contributed by atoms with Gasteiger partial charge in [0.1, 0.15) is 0 Å². The number of hydrogen-bond acceptors (Lipinski definition) is 1. The number of rotatable bonds is 0. The van der Waals surface area contributed by atoms with Gasteiger partial charge in [-0.1, -0.05) is 27.2 Å². The molecule has 4 bridgehead atoms. The normalized spacial score (nSPS) is 51.2. The summed E-state index contributed by atoms with van der Waals surface area (Å²) in [5.41, 5.74) is 6.84. The van der Waals surface area contributed by atoms with Crippen molar-refractivity contribution in [3.8, 4) is 0 Å². The molecule has 4 fully saturated rings. The Labute approximate surface area is 94.8 Å². The first-order chi connectivity index (χ1) is 7.09. The van der Waals surface area contributed by atoms with Crippen molar-refractivity contribution in [2.45, 2.75) is 65.3 Å². The fourth-order valence-electron chi connectivity index (χ4n) is 4.49. The fraction of sp³-hybridized carbons (Fsp3) is 1.00. The second-order valence-corrected chi connectivity index (χ2v) is 6.49. The molecule has 0 aromatic heterocycles. The molecule has 15 heavy (non-hydrogen) atoms. The zero-order valence-electron chi connectivity index (χ0n) is 10.6. The number of hydrogen-bond donors (Lipinski definition) is 1. The lowest BCUT2D eigenvalue weighted by Gasteiger charge is -2.59. The van der Waals surface area contributed by atoms with Gasteiger partial charge in [-0.3, -0.25) is 0 Å². The van der Waals surface area contributed by atoms with E-state index in [2.05, 4.69) is 20.8 Å². The second-order valence-electron chi connectivity index (χ2n) is 6.49. The Kier molecular flexibility index (Phi) is 3.12. The molecule has 88 valence electrons. The van der Waals surface area contributed by atoms with Crippen molar-refractivity contribution >= 4 is 0 Å². The van der Waals surface area contributed by atoms with Crippen LogP contribution in [0.4, 0.5) is 0 Å². The Bertz CT molecular complexity index is 209. The maximum atomic E-state index is 6.30. The first-order valence-corrected chi connectivity index (χ1v) is 6.84. The van der Waals surface area contributed by atoms with Gasteiger partial charge in [-0.2, -0.15) is 0 Å². The molecule has 2 N–H and O–H groups in total. The summed E-state index contributed by atoms with van der Waals surface area (Å²) in [4.78, 5) is 0. The predicted octanol–water partition coefficient (Wildman–Crippen LogP) is 3.58. The predicted molar refractivity (Wildman–Crippen MR) is 65.6 cm³/mol. The van der Waals surface area contributed by atoms with Crippen LogP contribution in [0.1, 0.15) is 59.3 Å². The SMILES string of the molecule is CC12CC3CC(CC(C3)C1N)C2.CCC. The molecule has 1 heteroatoms. The van der Waals surface area contributed by atoms with Gasteiger partial charge in [0.05, 0.1) is 0 Å². The summed E-state index contributed by atoms with van der Waals surface area (Å²) in [6.45, 7) is 6.68. The minimum atomic E-state index is 0.533. The summed E-state index contributed by atoms with van der Waals surface area (Å²) < 4.78 is 0. The maximum Gasteiger partial charge on any atom is 0.0122 e. The minimum absolute atomic E-state index is 0.533.